The second-order valence-electron chi connectivity index (χ2n) is 4.39. The molecule has 0 heterocycles. The average Bonchev–Trinajstić information content (AvgIpc) is 2.44. The lowest BCUT2D eigenvalue weighted by Crippen LogP contribution is -1.86. The van der Waals surface area contributed by atoms with Crippen LogP contribution >= 0.6 is 34.8 Å². The first-order valence-corrected chi connectivity index (χ1v) is 7.03. The predicted octanol–water partition coefficient (Wildman–Crippen LogP) is 6.61. The molecule has 0 fully saturated rings. The Kier molecular flexibility index (Phi) is 3.59. The summed E-state index contributed by atoms with van der Waals surface area (Å²) in [4.78, 5) is 0. The van der Waals surface area contributed by atoms with Crippen LogP contribution in [0.4, 0.5) is 4.39 Å². The molecule has 0 aliphatic heterocycles. The standard InChI is InChI=1S/C16H8Cl3F/c17-13-8-15(19)14(18)7-12(13)10-5-6-16(20)11-4-2-1-3-9(10)11/h1-8H. The Morgan fingerprint density at radius 1 is 0.650 bits per heavy atom. The highest BCUT2D eigenvalue weighted by atomic mass is 35.5. The number of halogens is 4. The van der Waals surface area contributed by atoms with Crippen LogP contribution < -0.4 is 0 Å². The molecule has 0 amide bonds. The van der Waals surface area contributed by atoms with E-state index in [-0.39, 0.29) is 5.82 Å². The van der Waals surface area contributed by atoms with Gasteiger partial charge in [-0.05, 0) is 29.1 Å². The zero-order chi connectivity index (χ0) is 14.3. The van der Waals surface area contributed by atoms with Crippen molar-refractivity contribution in [3.8, 4) is 11.1 Å². The minimum absolute atomic E-state index is 0.263. The zero-order valence-electron chi connectivity index (χ0n) is 10.1. The first-order chi connectivity index (χ1) is 9.58. The average molecular weight is 326 g/mol. The number of hydrogen-bond donors (Lipinski definition) is 0. The van der Waals surface area contributed by atoms with Gasteiger partial charge in [0.05, 0.1) is 10.0 Å². The van der Waals surface area contributed by atoms with Crippen LogP contribution in [0.1, 0.15) is 0 Å². The van der Waals surface area contributed by atoms with E-state index in [4.69, 9.17) is 34.8 Å². The summed E-state index contributed by atoms with van der Waals surface area (Å²) in [6.07, 6.45) is 0. The Morgan fingerprint density at radius 2 is 1.30 bits per heavy atom. The molecule has 0 spiro atoms. The van der Waals surface area contributed by atoms with Crippen molar-refractivity contribution in [3.63, 3.8) is 0 Å². The van der Waals surface area contributed by atoms with Gasteiger partial charge in [0, 0.05) is 16.0 Å². The van der Waals surface area contributed by atoms with Crippen LogP contribution in [0.3, 0.4) is 0 Å². The SMILES string of the molecule is Fc1ccc(-c2cc(Cl)c(Cl)cc2Cl)c2ccccc12. The molecule has 0 N–H and O–H groups in total. The lowest BCUT2D eigenvalue weighted by molar-refractivity contribution is 0.640. The van der Waals surface area contributed by atoms with Crippen LogP contribution in [0.15, 0.2) is 48.5 Å². The summed E-state index contributed by atoms with van der Waals surface area (Å²) in [6.45, 7) is 0. The molecule has 3 aromatic carbocycles. The van der Waals surface area contributed by atoms with Gasteiger partial charge in [0.1, 0.15) is 5.82 Å². The van der Waals surface area contributed by atoms with E-state index in [1.165, 1.54) is 6.07 Å². The van der Waals surface area contributed by atoms with Crippen LogP contribution in [0.2, 0.25) is 15.1 Å². The topological polar surface area (TPSA) is 0 Å². The molecule has 0 aliphatic carbocycles. The third-order valence-electron chi connectivity index (χ3n) is 3.17. The summed E-state index contributed by atoms with van der Waals surface area (Å²) in [6, 6.07) is 13.7. The van der Waals surface area contributed by atoms with Crippen molar-refractivity contribution in [1.29, 1.82) is 0 Å². The first kappa shape index (κ1) is 13.7. The minimum Gasteiger partial charge on any atom is -0.206 e. The molecule has 0 aromatic heterocycles. The molecule has 0 bridgehead atoms. The van der Waals surface area contributed by atoms with Crippen LogP contribution in [-0.2, 0) is 0 Å². The van der Waals surface area contributed by atoms with Crippen molar-refractivity contribution in [3.05, 3.63) is 69.4 Å². The van der Waals surface area contributed by atoms with E-state index in [9.17, 15) is 4.39 Å². The number of rotatable bonds is 1. The normalized spacial score (nSPS) is 11.0. The van der Waals surface area contributed by atoms with Crippen molar-refractivity contribution in [2.45, 2.75) is 0 Å². The molecule has 0 aliphatic rings. The Hall–Kier alpha value is -1.28. The second-order valence-corrected chi connectivity index (χ2v) is 5.61. The molecule has 3 rings (SSSR count). The molecular formula is C16H8Cl3F. The highest BCUT2D eigenvalue weighted by molar-refractivity contribution is 6.44. The molecule has 4 heteroatoms. The van der Waals surface area contributed by atoms with Crippen LogP contribution in [0.25, 0.3) is 21.9 Å². The highest BCUT2D eigenvalue weighted by Crippen LogP contribution is 2.38. The van der Waals surface area contributed by atoms with Gasteiger partial charge in [-0.1, -0.05) is 65.1 Å². The fraction of sp³-hybridized carbons (Fsp3) is 0. The first-order valence-electron chi connectivity index (χ1n) is 5.90. The number of hydrogen-bond acceptors (Lipinski definition) is 0. The molecule has 20 heavy (non-hydrogen) atoms. The Bertz CT molecular complexity index is 812. The molecule has 3 aromatic rings. The molecule has 0 radical (unpaired) electrons. The van der Waals surface area contributed by atoms with E-state index in [1.54, 1.807) is 30.3 Å². The van der Waals surface area contributed by atoms with E-state index in [0.29, 0.717) is 20.5 Å². The Balaban J connectivity index is 2.36. The summed E-state index contributed by atoms with van der Waals surface area (Å²) >= 11 is 18.2. The van der Waals surface area contributed by atoms with Gasteiger partial charge < -0.3 is 0 Å². The van der Waals surface area contributed by atoms with Crippen LogP contribution in [0, 0.1) is 5.82 Å². The lowest BCUT2D eigenvalue weighted by Gasteiger charge is -2.10. The monoisotopic (exact) mass is 324 g/mol. The summed E-state index contributed by atoms with van der Waals surface area (Å²) < 4.78 is 13.8. The zero-order valence-corrected chi connectivity index (χ0v) is 12.4. The quantitative estimate of drug-likeness (QED) is 0.442. The van der Waals surface area contributed by atoms with E-state index >= 15 is 0 Å². The Morgan fingerprint density at radius 3 is 2.05 bits per heavy atom. The highest BCUT2D eigenvalue weighted by Gasteiger charge is 2.12. The smallest absolute Gasteiger partial charge is 0.131 e. The number of benzene rings is 3. The van der Waals surface area contributed by atoms with E-state index in [2.05, 4.69) is 0 Å². The van der Waals surface area contributed by atoms with Crippen molar-refractivity contribution in [2.75, 3.05) is 0 Å². The van der Waals surface area contributed by atoms with Gasteiger partial charge in [-0.3, -0.25) is 0 Å². The van der Waals surface area contributed by atoms with E-state index in [1.807, 2.05) is 12.1 Å². The van der Waals surface area contributed by atoms with Crippen LogP contribution in [-0.4, -0.2) is 0 Å². The van der Waals surface area contributed by atoms with Crippen molar-refractivity contribution >= 4 is 45.6 Å². The van der Waals surface area contributed by atoms with Gasteiger partial charge in [-0.2, -0.15) is 0 Å². The molecule has 0 saturated heterocycles. The van der Waals surface area contributed by atoms with Gasteiger partial charge in [0.2, 0.25) is 0 Å². The fourth-order valence-corrected chi connectivity index (χ4v) is 2.87. The molecule has 0 saturated carbocycles. The maximum absolute atomic E-state index is 13.8. The molecule has 0 nitrogen and oxygen atoms in total. The minimum atomic E-state index is -0.263. The molecule has 0 unspecified atom stereocenters. The summed E-state index contributed by atoms with van der Waals surface area (Å²) in [5.74, 6) is -0.263. The maximum atomic E-state index is 13.8. The van der Waals surface area contributed by atoms with Gasteiger partial charge in [0.25, 0.3) is 0 Å². The van der Waals surface area contributed by atoms with Crippen molar-refractivity contribution in [1.82, 2.24) is 0 Å². The third-order valence-corrected chi connectivity index (χ3v) is 4.21. The van der Waals surface area contributed by atoms with Crippen molar-refractivity contribution in [2.24, 2.45) is 0 Å². The van der Waals surface area contributed by atoms with E-state index < -0.39 is 0 Å². The summed E-state index contributed by atoms with van der Waals surface area (Å²) in [7, 11) is 0. The van der Waals surface area contributed by atoms with Gasteiger partial charge in [0.15, 0.2) is 0 Å². The molecular weight excluding hydrogens is 318 g/mol. The number of fused-ring (bicyclic) bond motifs is 1. The van der Waals surface area contributed by atoms with Gasteiger partial charge in [-0.25, -0.2) is 4.39 Å². The van der Waals surface area contributed by atoms with Gasteiger partial charge >= 0.3 is 0 Å². The van der Waals surface area contributed by atoms with Gasteiger partial charge in [-0.15, -0.1) is 0 Å². The lowest BCUT2D eigenvalue weighted by atomic mass is 9.98. The predicted molar refractivity (Wildman–Crippen MR) is 84.4 cm³/mol. The summed E-state index contributed by atoms with van der Waals surface area (Å²) in [5.41, 5.74) is 1.56. The van der Waals surface area contributed by atoms with Crippen molar-refractivity contribution < 1.29 is 4.39 Å². The molecule has 0 atom stereocenters. The molecule has 100 valence electrons. The third kappa shape index (κ3) is 2.26. The largest absolute Gasteiger partial charge is 0.206 e. The second kappa shape index (κ2) is 5.25. The summed E-state index contributed by atoms with van der Waals surface area (Å²) in [5, 5.41) is 2.63. The maximum Gasteiger partial charge on any atom is 0.131 e. The fourth-order valence-electron chi connectivity index (χ4n) is 2.23. The van der Waals surface area contributed by atoms with E-state index in [0.717, 1.165) is 16.5 Å². The Labute approximate surface area is 130 Å². The van der Waals surface area contributed by atoms with Crippen LogP contribution in [0.5, 0.6) is 0 Å².